The normalized spacial score (nSPS) is 10.4. The minimum absolute atomic E-state index is 0.0386. The lowest BCUT2D eigenvalue weighted by atomic mass is 10.1. The van der Waals surface area contributed by atoms with Crippen LogP contribution in [0.2, 0.25) is 10.0 Å². The highest BCUT2D eigenvalue weighted by molar-refractivity contribution is 6.37. The van der Waals surface area contributed by atoms with E-state index in [0.29, 0.717) is 28.8 Å². The molecule has 0 aliphatic rings. The third-order valence-corrected chi connectivity index (χ3v) is 3.47. The number of carbonyl (C=O) groups is 1. The maximum absolute atomic E-state index is 10.6. The van der Waals surface area contributed by atoms with Crippen LogP contribution in [0.15, 0.2) is 42.5 Å². The Morgan fingerprint density at radius 2 is 1.67 bits per heavy atom. The Morgan fingerprint density at radius 3 is 2.24 bits per heavy atom. The summed E-state index contributed by atoms with van der Waals surface area (Å²) in [6, 6.07) is 13.1. The molecule has 1 N–H and O–H groups in total. The van der Waals surface area contributed by atoms with Crippen LogP contribution >= 0.6 is 23.2 Å². The van der Waals surface area contributed by atoms with Gasteiger partial charge in [-0.2, -0.15) is 0 Å². The average molecular weight is 325 g/mol. The molecule has 0 aliphatic carbocycles. The summed E-state index contributed by atoms with van der Waals surface area (Å²) in [6.07, 6.45) is 0.421. The van der Waals surface area contributed by atoms with Crippen molar-refractivity contribution in [1.29, 1.82) is 0 Å². The van der Waals surface area contributed by atoms with E-state index in [4.69, 9.17) is 33.0 Å². The van der Waals surface area contributed by atoms with Gasteiger partial charge in [0.2, 0.25) is 0 Å². The van der Waals surface area contributed by atoms with Crippen LogP contribution in [-0.4, -0.2) is 11.1 Å². The molecule has 110 valence electrons. The highest BCUT2D eigenvalue weighted by atomic mass is 35.5. The topological polar surface area (TPSA) is 46.5 Å². The zero-order valence-corrected chi connectivity index (χ0v) is 12.7. The smallest absolute Gasteiger partial charge is 0.303 e. The number of benzene rings is 2. The number of aryl methyl sites for hydroxylation is 1. The second-order valence-corrected chi connectivity index (χ2v) is 5.37. The number of halogens is 2. The minimum Gasteiger partial charge on any atom is -0.486 e. The highest BCUT2D eigenvalue weighted by Crippen LogP contribution is 2.35. The van der Waals surface area contributed by atoms with Crippen LogP contribution in [0.1, 0.15) is 17.5 Å². The number of carboxylic acids is 1. The molecule has 0 bridgehead atoms. The Balaban J connectivity index is 2.08. The van der Waals surface area contributed by atoms with Gasteiger partial charge in [0.25, 0.3) is 0 Å². The SMILES string of the molecule is O=C(O)CCc1cc(Cl)c(OCc2ccccc2)c(Cl)c1. The van der Waals surface area contributed by atoms with Gasteiger partial charge < -0.3 is 9.84 Å². The summed E-state index contributed by atoms with van der Waals surface area (Å²) in [5.74, 6) is -0.437. The van der Waals surface area contributed by atoms with Crippen molar-refractivity contribution < 1.29 is 14.6 Å². The third-order valence-electron chi connectivity index (χ3n) is 2.91. The average Bonchev–Trinajstić information content (AvgIpc) is 2.45. The Kier molecular flexibility index (Phi) is 5.48. The molecule has 0 saturated carbocycles. The van der Waals surface area contributed by atoms with Crippen molar-refractivity contribution in [1.82, 2.24) is 0 Å². The molecule has 0 heterocycles. The van der Waals surface area contributed by atoms with Gasteiger partial charge in [-0.3, -0.25) is 4.79 Å². The van der Waals surface area contributed by atoms with E-state index in [-0.39, 0.29) is 6.42 Å². The number of aliphatic carboxylic acids is 1. The van der Waals surface area contributed by atoms with E-state index in [1.807, 2.05) is 30.3 Å². The Labute approximate surface area is 133 Å². The Bertz CT molecular complexity index is 604. The van der Waals surface area contributed by atoms with Crippen LogP contribution in [0.25, 0.3) is 0 Å². The molecule has 2 aromatic rings. The lowest BCUT2D eigenvalue weighted by Gasteiger charge is -2.11. The first-order valence-corrected chi connectivity index (χ1v) is 7.18. The first-order chi connectivity index (χ1) is 10.1. The fraction of sp³-hybridized carbons (Fsp3) is 0.188. The third kappa shape index (κ3) is 4.66. The van der Waals surface area contributed by atoms with Crippen molar-refractivity contribution in [2.45, 2.75) is 19.4 Å². The van der Waals surface area contributed by atoms with E-state index in [1.165, 1.54) is 0 Å². The fourth-order valence-corrected chi connectivity index (χ4v) is 2.52. The largest absolute Gasteiger partial charge is 0.486 e. The van der Waals surface area contributed by atoms with E-state index >= 15 is 0 Å². The van der Waals surface area contributed by atoms with Gasteiger partial charge in [0, 0.05) is 6.42 Å². The molecule has 0 atom stereocenters. The molecule has 0 aliphatic heterocycles. The number of ether oxygens (including phenoxy) is 1. The quantitative estimate of drug-likeness (QED) is 0.845. The Morgan fingerprint density at radius 1 is 1.05 bits per heavy atom. The van der Waals surface area contributed by atoms with Gasteiger partial charge in [0.05, 0.1) is 10.0 Å². The van der Waals surface area contributed by atoms with Crippen LogP contribution in [0, 0.1) is 0 Å². The summed E-state index contributed by atoms with van der Waals surface area (Å²) in [4.78, 5) is 10.6. The van der Waals surface area contributed by atoms with Crippen LogP contribution in [0.3, 0.4) is 0 Å². The summed E-state index contributed by atoms with van der Waals surface area (Å²) >= 11 is 12.3. The van der Waals surface area contributed by atoms with Crippen LogP contribution in [0.5, 0.6) is 5.75 Å². The number of carboxylic acid groups (broad SMARTS) is 1. The Hall–Kier alpha value is -1.71. The maximum atomic E-state index is 10.6. The lowest BCUT2D eigenvalue weighted by molar-refractivity contribution is -0.136. The van der Waals surface area contributed by atoms with Crippen molar-refractivity contribution >= 4 is 29.2 Å². The van der Waals surface area contributed by atoms with Gasteiger partial charge in [-0.15, -0.1) is 0 Å². The molecule has 0 aromatic heterocycles. The van der Waals surface area contributed by atoms with Gasteiger partial charge in [-0.25, -0.2) is 0 Å². The highest BCUT2D eigenvalue weighted by Gasteiger charge is 2.11. The summed E-state index contributed by atoms with van der Waals surface area (Å²) < 4.78 is 5.65. The standard InChI is InChI=1S/C16H14Cl2O3/c17-13-8-12(6-7-15(19)20)9-14(18)16(13)21-10-11-4-2-1-3-5-11/h1-5,8-9H,6-7,10H2,(H,19,20). The van der Waals surface area contributed by atoms with Crippen LogP contribution in [0.4, 0.5) is 0 Å². The number of rotatable bonds is 6. The summed E-state index contributed by atoms with van der Waals surface area (Å²) in [5.41, 5.74) is 1.79. The summed E-state index contributed by atoms with van der Waals surface area (Å²) in [6.45, 7) is 0.370. The number of hydrogen-bond acceptors (Lipinski definition) is 2. The molecular weight excluding hydrogens is 311 g/mol. The predicted molar refractivity (Wildman–Crippen MR) is 83.2 cm³/mol. The van der Waals surface area contributed by atoms with Crippen molar-refractivity contribution in [3.63, 3.8) is 0 Å². The van der Waals surface area contributed by atoms with E-state index in [2.05, 4.69) is 0 Å². The molecule has 2 rings (SSSR count). The van der Waals surface area contributed by atoms with Gasteiger partial charge in [-0.1, -0.05) is 53.5 Å². The molecule has 0 spiro atoms. The molecule has 5 heteroatoms. The molecule has 0 saturated heterocycles. The van der Waals surface area contributed by atoms with Crippen molar-refractivity contribution in [3.8, 4) is 5.75 Å². The second-order valence-electron chi connectivity index (χ2n) is 4.56. The maximum Gasteiger partial charge on any atom is 0.303 e. The van der Waals surface area contributed by atoms with E-state index < -0.39 is 5.97 Å². The monoisotopic (exact) mass is 324 g/mol. The van der Waals surface area contributed by atoms with Gasteiger partial charge >= 0.3 is 5.97 Å². The molecule has 0 amide bonds. The fourth-order valence-electron chi connectivity index (χ4n) is 1.88. The van der Waals surface area contributed by atoms with Gasteiger partial charge in [0.15, 0.2) is 5.75 Å². The van der Waals surface area contributed by atoms with Crippen molar-refractivity contribution in [3.05, 3.63) is 63.6 Å². The number of hydrogen-bond donors (Lipinski definition) is 1. The first-order valence-electron chi connectivity index (χ1n) is 6.42. The van der Waals surface area contributed by atoms with E-state index in [0.717, 1.165) is 11.1 Å². The molecule has 21 heavy (non-hydrogen) atoms. The van der Waals surface area contributed by atoms with Gasteiger partial charge in [-0.05, 0) is 29.7 Å². The van der Waals surface area contributed by atoms with Crippen molar-refractivity contribution in [2.24, 2.45) is 0 Å². The predicted octanol–water partition coefficient (Wildman–Crippen LogP) is 4.59. The molecule has 0 radical (unpaired) electrons. The minimum atomic E-state index is -0.855. The van der Waals surface area contributed by atoms with Crippen LogP contribution in [-0.2, 0) is 17.8 Å². The van der Waals surface area contributed by atoms with Crippen LogP contribution < -0.4 is 4.74 Å². The zero-order valence-electron chi connectivity index (χ0n) is 11.2. The van der Waals surface area contributed by atoms with E-state index in [1.54, 1.807) is 12.1 Å². The molecule has 3 nitrogen and oxygen atoms in total. The second kappa shape index (κ2) is 7.34. The summed E-state index contributed by atoms with van der Waals surface area (Å²) in [5, 5.41) is 9.46. The zero-order chi connectivity index (χ0) is 15.2. The van der Waals surface area contributed by atoms with Gasteiger partial charge in [0.1, 0.15) is 6.61 Å². The molecule has 0 fully saturated rings. The molecule has 2 aromatic carbocycles. The first kappa shape index (κ1) is 15.7. The van der Waals surface area contributed by atoms with Crippen molar-refractivity contribution in [2.75, 3.05) is 0 Å². The summed E-state index contributed by atoms with van der Waals surface area (Å²) in [7, 11) is 0. The molecular formula is C16H14Cl2O3. The molecule has 0 unspecified atom stereocenters. The lowest BCUT2D eigenvalue weighted by Crippen LogP contribution is -1.99. The van der Waals surface area contributed by atoms with E-state index in [9.17, 15) is 4.79 Å².